The van der Waals surface area contributed by atoms with Gasteiger partial charge in [0.25, 0.3) is 0 Å². The Balaban J connectivity index is 1.91. The van der Waals surface area contributed by atoms with Gasteiger partial charge in [0, 0.05) is 5.39 Å². The fourth-order valence-corrected chi connectivity index (χ4v) is 2.13. The summed E-state index contributed by atoms with van der Waals surface area (Å²) >= 11 is 0. The molecule has 0 fully saturated rings. The number of aliphatic carboxylic acids is 1. The largest absolute Gasteiger partial charge is 0.507 e. The number of carbonyl (C=O) groups excluding carboxylic acids is 1. The van der Waals surface area contributed by atoms with Gasteiger partial charge in [-0.25, -0.2) is 0 Å². The Labute approximate surface area is 121 Å². The summed E-state index contributed by atoms with van der Waals surface area (Å²) in [5, 5.41) is 20.4. The van der Waals surface area contributed by atoms with E-state index in [1.165, 1.54) is 0 Å². The van der Waals surface area contributed by atoms with Crippen molar-refractivity contribution in [3.8, 4) is 5.75 Å². The molecule has 0 aliphatic rings. The molecule has 5 nitrogen and oxygen atoms in total. The van der Waals surface area contributed by atoms with Gasteiger partial charge in [-0.2, -0.15) is 0 Å². The topological polar surface area (TPSA) is 83.8 Å². The number of esters is 1. The van der Waals surface area contributed by atoms with Gasteiger partial charge >= 0.3 is 11.9 Å². The Kier molecular flexibility index (Phi) is 4.77. The molecule has 0 saturated carbocycles. The Bertz CT molecular complexity index is 663. The maximum Gasteiger partial charge on any atom is 0.317 e. The maximum atomic E-state index is 11.1. The molecule has 0 heterocycles. The Morgan fingerprint density at radius 3 is 2.62 bits per heavy atom. The second kappa shape index (κ2) is 6.74. The molecular formula is C16H16O5. The quantitative estimate of drug-likeness (QED) is 0.484. The SMILES string of the molecule is O=C(O)CC(=O)OCCCc1ccc2ccccc2c1O. The summed E-state index contributed by atoms with van der Waals surface area (Å²) < 4.78 is 4.80. The van der Waals surface area contributed by atoms with E-state index in [4.69, 9.17) is 9.84 Å². The van der Waals surface area contributed by atoms with E-state index in [-0.39, 0.29) is 12.4 Å². The van der Waals surface area contributed by atoms with Crippen LogP contribution in [0.25, 0.3) is 10.8 Å². The first kappa shape index (κ1) is 14.8. The first-order valence-electron chi connectivity index (χ1n) is 6.65. The summed E-state index contributed by atoms with van der Waals surface area (Å²) in [6, 6.07) is 11.3. The van der Waals surface area contributed by atoms with Crippen molar-refractivity contribution in [3.63, 3.8) is 0 Å². The van der Waals surface area contributed by atoms with E-state index in [1.54, 1.807) is 0 Å². The number of phenols is 1. The van der Waals surface area contributed by atoms with Crippen LogP contribution in [-0.4, -0.2) is 28.8 Å². The molecule has 110 valence electrons. The summed E-state index contributed by atoms with van der Waals surface area (Å²) in [6.45, 7) is 0.137. The van der Waals surface area contributed by atoms with Crippen LogP contribution in [0.5, 0.6) is 5.75 Å². The lowest BCUT2D eigenvalue weighted by Gasteiger charge is -2.08. The average molecular weight is 288 g/mol. The smallest absolute Gasteiger partial charge is 0.317 e. The highest BCUT2D eigenvalue weighted by molar-refractivity contribution is 5.90. The summed E-state index contributed by atoms with van der Waals surface area (Å²) in [7, 11) is 0. The molecule has 0 bridgehead atoms. The molecule has 2 aromatic rings. The van der Waals surface area contributed by atoms with Crippen molar-refractivity contribution < 1.29 is 24.5 Å². The molecule has 2 N–H and O–H groups in total. The maximum absolute atomic E-state index is 11.1. The molecule has 2 rings (SSSR count). The number of carboxylic acid groups (broad SMARTS) is 1. The second-order valence-corrected chi connectivity index (χ2v) is 4.69. The van der Waals surface area contributed by atoms with Crippen molar-refractivity contribution in [2.45, 2.75) is 19.3 Å². The van der Waals surface area contributed by atoms with Crippen LogP contribution < -0.4 is 0 Å². The lowest BCUT2D eigenvalue weighted by Crippen LogP contribution is -2.11. The van der Waals surface area contributed by atoms with Gasteiger partial charge in [0.05, 0.1) is 6.61 Å². The Morgan fingerprint density at radius 2 is 1.86 bits per heavy atom. The van der Waals surface area contributed by atoms with Crippen molar-refractivity contribution in [2.24, 2.45) is 0 Å². The standard InChI is InChI=1S/C16H16O5/c17-14(18)10-15(19)21-9-3-5-12-8-7-11-4-1-2-6-13(11)16(12)20/h1-2,4,6-8,20H,3,5,9-10H2,(H,17,18). The zero-order valence-electron chi connectivity index (χ0n) is 11.4. The first-order chi connectivity index (χ1) is 10.1. The number of aromatic hydroxyl groups is 1. The monoisotopic (exact) mass is 288 g/mol. The number of rotatable bonds is 6. The number of ether oxygens (including phenoxy) is 1. The molecule has 0 spiro atoms. The average Bonchev–Trinajstić information content (AvgIpc) is 2.45. The summed E-state index contributed by atoms with van der Waals surface area (Å²) in [5.41, 5.74) is 0.781. The van der Waals surface area contributed by atoms with E-state index in [2.05, 4.69) is 0 Å². The molecule has 0 saturated heterocycles. The molecular weight excluding hydrogens is 272 g/mol. The minimum atomic E-state index is -1.20. The van der Waals surface area contributed by atoms with Gasteiger partial charge in [-0.3, -0.25) is 9.59 Å². The van der Waals surface area contributed by atoms with E-state index in [9.17, 15) is 14.7 Å². The number of hydrogen-bond acceptors (Lipinski definition) is 4. The van der Waals surface area contributed by atoms with Crippen LogP contribution in [-0.2, 0) is 20.7 Å². The third-order valence-corrected chi connectivity index (χ3v) is 3.13. The third-order valence-electron chi connectivity index (χ3n) is 3.13. The fourth-order valence-electron chi connectivity index (χ4n) is 2.13. The van der Waals surface area contributed by atoms with Crippen molar-refractivity contribution in [1.82, 2.24) is 0 Å². The van der Waals surface area contributed by atoms with Crippen LogP contribution in [0.3, 0.4) is 0 Å². The van der Waals surface area contributed by atoms with Gasteiger partial charge in [0.2, 0.25) is 0 Å². The van der Waals surface area contributed by atoms with Crippen molar-refractivity contribution >= 4 is 22.7 Å². The fraction of sp³-hybridized carbons (Fsp3) is 0.250. The second-order valence-electron chi connectivity index (χ2n) is 4.69. The van der Waals surface area contributed by atoms with Gasteiger partial charge in [-0.15, -0.1) is 0 Å². The van der Waals surface area contributed by atoms with Gasteiger partial charge in [-0.1, -0.05) is 36.4 Å². The van der Waals surface area contributed by atoms with E-state index in [0.717, 1.165) is 16.3 Å². The lowest BCUT2D eigenvalue weighted by atomic mass is 10.0. The number of benzene rings is 2. The van der Waals surface area contributed by atoms with Crippen LogP contribution in [0.1, 0.15) is 18.4 Å². The molecule has 5 heteroatoms. The van der Waals surface area contributed by atoms with Crippen LogP contribution in [0.4, 0.5) is 0 Å². The number of aryl methyl sites for hydroxylation is 1. The lowest BCUT2D eigenvalue weighted by molar-refractivity contribution is -0.151. The highest BCUT2D eigenvalue weighted by Gasteiger charge is 2.09. The highest BCUT2D eigenvalue weighted by atomic mass is 16.5. The highest BCUT2D eigenvalue weighted by Crippen LogP contribution is 2.29. The van der Waals surface area contributed by atoms with Gasteiger partial charge < -0.3 is 14.9 Å². The molecule has 0 amide bonds. The molecule has 0 unspecified atom stereocenters. The summed E-state index contributed by atoms with van der Waals surface area (Å²) in [5.74, 6) is -1.71. The minimum Gasteiger partial charge on any atom is -0.507 e. The molecule has 0 aliphatic carbocycles. The molecule has 0 aliphatic heterocycles. The number of fused-ring (bicyclic) bond motifs is 1. The minimum absolute atomic E-state index is 0.137. The molecule has 21 heavy (non-hydrogen) atoms. The van der Waals surface area contributed by atoms with E-state index >= 15 is 0 Å². The van der Waals surface area contributed by atoms with Crippen LogP contribution >= 0.6 is 0 Å². The van der Waals surface area contributed by atoms with E-state index < -0.39 is 18.4 Å². The van der Waals surface area contributed by atoms with Crippen LogP contribution in [0.15, 0.2) is 36.4 Å². The normalized spacial score (nSPS) is 10.5. The Morgan fingerprint density at radius 1 is 1.10 bits per heavy atom. The number of carboxylic acids is 1. The van der Waals surface area contributed by atoms with Crippen molar-refractivity contribution in [2.75, 3.05) is 6.61 Å². The van der Waals surface area contributed by atoms with Crippen molar-refractivity contribution in [3.05, 3.63) is 42.0 Å². The number of hydrogen-bond donors (Lipinski definition) is 2. The molecule has 0 atom stereocenters. The molecule has 0 aromatic heterocycles. The van der Waals surface area contributed by atoms with Crippen LogP contribution in [0, 0.1) is 0 Å². The van der Waals surface area contributed by atoms with Gasteiger partial charge in [0.1, 0.15) is 12.2 Å². The molecule has 2 aromatic carbocycles. The molecule has 0 radical (unpaired) electrons. The van der Waals surface area contributed by atoms with Gasteiger partial charge in [-0.05, 0) is 23.8 Å². The van der Waals surface area contributed by atoms with Gasteiger partial charge in [0.15, 0.2) is 0 Å². The van der Waals surface area contributed by atoms with Crippen LogP contribution in [0.2, 0.25) is 0 Å². The Hall–Kier alpha value is -2.56. The summed E-state index contributed by atoms with van der Waals surface area (Å²) in [6.07, 6.45) is 0.454. The zero-order valence-corrected chi connectivity index (χ0v) is 11.4. The van der Waals surface area contributed by atoms with Crippen molar-refractivity contribution in [1.29, 1.82) is 0 Å². The first-order valence-corrected chi connectivity index (χ1v) is 6.65. The number of phenolic OH excluding ortho intramolecular Hbond substituents is 1. The predicted octanol–water partition coefficient (Wildman–Crippen LogP) is 2.50. The van der Waals surface area contributed by atoms with E-state index in [1.807, 2.05) is 36.4 Å². The number of carbonyl (C=O) groups is 2. The third kappa shape index (κ3) is 3.95. The van der Waals surface area contributed by atoms with E-state index in [0.29, 0.717) is 12.8 Å². The summed E-state index contributed by atoms with van der Waals surface area (Å²) in [4.78, 5) is 21.4. The zero-order chi connectivity index (χ0) is 15.2. The predicted molar refractivity (Wildman–Crippen MR) is 77.1 cm³/mol.